The van der Waals surface area contributed by atoms with Gasteiger partial charge >= 0.3 is 0 Å². The monoisotopic (exact) mass is 242 g/mol. The van der Waals surface area contributed by atoms with E-state index in [0.29, 0.717) is 11.3 Å². The van der Waals surface area contributed by atoms with Gasteiger partial charge in [0.05, 0.1) is 0 Å². The number of phenolic OH excluding ortho intramolecular Hbond substituents is 2. The minimum Gasteiger partial charge on any atom is -0.504 e. The van der Waals surface area contributed by atoms with Crippen LogP contribution in [-0.4, -0.2) is 15.2 Å². The molecule has 0 aliphatic heterocycles. The van der Waals surface area contributed by atoms with Gasteiger partial charge in [0.25, 0.3) is 5.56 Å². The molecule has 0 amide bonds. The number of aromatic amines is 1. The molecule has 1 aromatic heterocycles. The lowest BCUT2D eigenvalue weighted by atomic mass is 10.00. The molecule has 0 atom stereocenters. The zero-order valence-corrected chi connectivity index (χ0v) is 9.56. The number of nitriles is 1. The Morgan fingerprint density at radius 1 is 1.28 bits per heavy atom. The lowest BCUT2D eigenvalue weighted by molar-refractivity contribution is 0.405. The first-order chi connectivity index (χ1) is 8.54. The van der Waals surface area contributed by atoms with Crippen LogP contribution in [0.1, 0.15) is 11.3 Å². The molecule has 5 nitrogen and oxygen atoms in total. The topological polar surface area (TPSA) is 97.1 Å². The van der Waals surface area contributed by atoms with Crippen LogP contribution in [0.3, 0.4) is 0 Å². The highest BCUT2D eigenvalue weighted by Crippen LogP contribution is 2.36. The van der Waals surface area contributed by atoms with E-state index in [0.717, 1.165) is 0 Å². The van der Waals surface area contributed by atoms with Gasteiger partial charge in [0, 0.05) is 16.8 Å². The molecule has 0 saturated carbocycles. The number of pyridine rings is 1. The number of phenols is 2. The number of benzene rings is 1. The average molecular weight is 242 g/mol. The molecule has 0 spiro atoms. The van der Waals surface area contributed by atoms with Gasteiger partial charge in [-0.25, -0.2) is 0 Å². The number of rotatable bonds is 1. The second-order valence-electron chi connectivity index (χ2n) is 3.86. The van der Waals surface area contributed by atoms with Gasteiger partial charge in [-0.05, 0) is 19.1 Å². The van der Waals surface area contributed by atoms with Crippen LogP contribution in [0.25, 0.3) is 11.1 Å². The number of aryl methyl sites for hydroxylation is 1. The smallest absolute Gasteiger partial charge is 0.266 e. The highest BCUT2D eigenvalue weighted by molar-refractivity contribution is 5.77. The van der Waals surface area contributed by atoms with Crippen LogP contribution in [-0.2, 0) is 0 Å². The van der Waals surface area contributed by atoms with E-state index >= 15 is 0 Å². The number of para-hydroxylation sites is 1. The molecule has 5 heteroatoms. The Kier molecular flexibility index (Phi) is 2.78. The first-order valence-electron chi connectivity index (χ1n) is 5.20. The number of hydrogen-bond acceptors (Lipinski definition) is 4. The Bertz CT molecular complexity index is 711. The lowest BCUT2D eigenvalue weighted by Gasteiger charge is -2.08. The average Bonchev–Trinajstić information content (AvgIpc) is 2.32. The van der Waals surface area contributed by atoms with E-state index in [1.165, 1.54) is 18.2 Å². The summed E-state index contributed by atoms with van der Waals surface area (Å²) in [5.74, 6) is -0.645. The van der Waals surface area contributed by atoms with Crippen LogP contribution < -0.4 is 5.56 Å². The molecular formula is C13H10N2O3. The van der Waals surface area contributed by atoms with Crippen molar-refractivity contribution < 1.29 is 10.2 Å². The van der Waals surface area contributed by atoms with Gasteiger partial charge in [0.1, 0.15) is 11.6 Å². The van der Waals surface area contributed by atoms with Crippen molar-refractivity contribution in [2.24, 2.45) is 0 Å². The molecule has 0 aliphatic carbocycles. The molecule has 90 valence electrons. The summed E-state index contributed by atoms with van der Waals surface area (Å²) in [6, 6.07) is 7.76. The zero-order valence-electron chi connectivity index (χ0n) is 9.56. The van der Waals surface area contributed by atoms with E-state index in [1.54, 1.807) is 19.1 Å². The summed E-state index contributed by atoms with van der Waals surface area (Å²) >= 11 is 0. The molecule has 0 radical (unpaired) electrons. The van der Waals surface area contributed by atoms with Gasteiger partial charge in [0.15, 0.2) is 11.5 Å². The van der Waals surface area contributed by atoms with E-state index in [4.69, 9.17) is 5.26 Å². The second-order valence-corrected chi connectivity index (χ2v) is 3.86. The first-order valence-corrected chi connectivity index (χ1v) is 5.20. The SMILES string of the molecule is Cc1cc(-c2cccc(O)c2O)c(C#N)c(=O)[nH]1. The maximum Gasteiger partial charge on any atom is 0.266 e. The zero-order chi connectivity index (χ0) is 13.3. The van der Waals surface area contributed by atoms with E-state index in [9.17, 15) is 15.0 Å². The number of nitrogens with one attached hydrogen (secondary N) is 1. The maximum atomic E-state index is 11.6. The highest BCUT2D eigenvalue weighted by Gasteiger charge is 2.15. The van der Waals surface area contributed by atoms with Crippen molar-refractivity contribution in [3.63, 3.8) is 0 Å². The van der Waals surface area contributed by atoms with Crippen LogP contribution in [0.4, 0.5) is 0 Å². The maximum absolute atomic E-state index is 11.6. The van der Waals surface area contributed by atoms with Crippen molar-refractivity contribution in [1.82, 2.24) is 4.98 Å². The van der Waals surface area contributed by atoms with E-state index < -0.39 is 5.56 Å². The largest absolute Gasteiger partial charge is 0.504 e. The summed E-state index contributed by atoms with van der Waals surface area (Å²) in [6.07, 6.45) is 0. The lowest BCUT2D eigenvalue weighted by Crippen LogP contribution is -2.12. The fraction of sp³-hybridized carbons (Fsp3) is 0.0769. The molecule has 1 heterocycles. The van der Waals surface area contributed by atoms with Crippen molar-refractivity contribution in [1.29, 1.82) is 5.26 Å². The third kappa shape index (κ3) is 1.80. The predicted octanol–water partition coefficient (Wildman–Crippen LogP) is 1.63. The molecule has 0 bridgehead atoms. The van der Waals surface area contributed by atoms with Crippen molar-refractivity contribution in [2.45, 2.75) is 6.92 Å². The van der Waals surface area contributed by atoms with E-state index in [-0.39, 0.29) is 22.6 Å². The molecule has 2 rings (SSSR count). The Morgan fingerprint density at radius 3 is 2.67 bits per heavy atom. The normalized spacial score (nSPS) is 10.0. The number of nitrogens with zero attached hydrogens (tertiary/aromatic N) is 1. The standard InChI is InChI=1S/C13H10N2O3/c1-7-5-9(10(6-14)13(18)15-7)8-3-2-4-11(16)12(8)17/h2-5,16-17H,1H3,(H,15,18). The van der Waals surface area contributed by atoms with Gasteiger partial charge in [0.2, 0.25) is 0 Å². The van der Waals surface area contributed by atoms with Crippen molar-refractivity contribution >= 4 is 0 Å². The van der Waals surface area contributed by atoms with Crippen LogP contribution in [0.15, 0.2) is 29.1 Å². The summed E-state index contributed by atoms with van der Waals surface area (Å²) in [4.78, 5) is 14.2. The first kappa shape index (κ1) is 11.7. The van der Waals surface area contributed by atoms with Crippen molar-refractivity contribution in [2.75, 3.05) is 0 Å². The molecule has 3 N–H and O–H groups in total. The van der Waals surface area contributed by atoms with Crippen LogP contribution in [0.5, 0.6) is 11.5 Å². The van der Waals surface area contributed by atoms with Crippen LogP contribution in [0.2, 0.25) is 0 Å². The van der Waals surface area contributed by atoms with Crippen LogP contribution in [0, 0.1) is 18.3 Å². The van der Waals surface area contributed by atoms with Gasteiger partial charge in [-0.15, -0.1) is 0 Å². The summed E-state index contributed by atoms with van der Waals surface area (Å²) in [7, 11) is 0. The molecule has 2 aromatic rings. The summed E-state index contributed by atoms with van der Waals surface area (Å²) in [6.45, 7) is 1.67. The molecule has 1 aromatic carbocycles. The third-order valence-corrected chi connectivity index (χ3v) is 2.58. The van der Waals surface area contributed by atoms with E-state index in [1.807, 2.05) is 0 Å². The Labute approximate surface area is 103 Å². The molecule has 0 fully saturated rings. The molecule has 18 heavy (non-hydrogen) atoms. The number of hydrogen-bond donors (Lipinski definition) is 3. The van der Waals surface area contributed by atoms with Crippen LogP contribution >= 0.6 is 0 Å². The summed E-state index contributed by atoms with van der Waals surface area (Å²) in [5.41, 5.74) is 0.501. The summed E-state index contributed by atoms with van der Waals surface area (Å²) < 4.78 is 0. The number of aromatic hydroxyl groups is 2. The summed E-state index contributed by atoms with van der Waals surface area (Å²) in [5, 5.41) is 28.2. The van der Waals surface area contributed by atoms with Gasteiger partial charge < -0.3 is 15.2 Å². The molecular weight excluding hydrogens is 232 g/mol. The fourth-order valence-corrected chi connectivity index (χ4v) is 1.76. The Balaban J connectivity index is 2.84. The predicted molar refractivity (Wildman–Crippen MR) is 65.3 cm³/mol. The fourth-order valence-electron chi connectivity index (χ4n) is 1.76. The third-order valence-electron chi connectivity index (χ3n) is 2.58. The van der Waals surface area contributed by atoms with Crippen molar-refractivity contribution in [3.05, 3.63) is 45.9 Å². The number of H-pyrrole nitrogens is 1. The molecule has 0 aliphatic rings. The van der Waals surface area contributed by atoms with E-state index in [2.05, 4.69) is 4.98 Å². The minimum absolute atomic E-state index is 0.0958. The van der Waals surface area contributed by atoms with Crippen molar-refractivity contribution in [3.8, 4) is 28.7 Å². The molecule has 0 saturated heterocycles. The van der Waals surface area contributed by atoms with Gasteiger partial charge in [-0.2, -0.15) is 5.26 Å². The number of aromatic nitrogens is 1. The van der Waals surface area contributed by atoms with Gasteiger partial charge in [-0.3, -0.25) is 4.79 Å². The Hall–Kier alpha value is -2.74. The quantitative estimate of drug-likeness (QED) is 0.662. The van der Waals surface area contributed by atoms with Gasteiger partial charge in [-0.1, -0.05) is 12.1 Å². The Morgan fingerprint density at radius 2 is 2.00 bits per heavy atom. The second kappa shape index (κ2) is 4.26. The highest BCUT2D eigenvalue weighted by atomic mass is 16.3. The minimum atomic E-state index is -0.518. The molecule has 0 unspecified atom stereocenters.